The normalized spacial score (nSPS) is 9.80. The summed E-state index contributed by atoms with van der Waals surface area (Å²) in [6, 6.07) is 12.7. The highest BCUT2D eigenvalue weighted by molar-refractivity contribution is 6.00. The summed E-state index contributed by atoms with van der Waals surface area (Å²) in [4.78, 5) is 22.7. The van der Waals surface area contributed by atoms with Crippen molar-refractivity contribution in [3.8, 4) is 0 Å². The average Bonchev–Trinajstić information content (AvgIpc) is 2.39. The van der Waals surface area contributed by atoms with Crippen molar-refractivity contribution >= 4 is 29.0 Å². The van der Waals surface area contributed by atoms with Crippen molar-refractivity contribution in [3.63, 3.8) is 0 Å². The molecule has 0 spiro atoms. The van der Waals surface area contributed by atoms with Crippen molar-refractivity contribution in [2.75, 3.05) is 16.4 Å². The second-order valence-electron chi connectivity index (χ2n) is 4.15. The van der Waals surface area contributed by atoms with E-state index in [0.29, 0.717) is 22.6 Å². The zero-order valence-electron chi connectivity index (χ0n) is 10.6. The highest BCUT2D eigenvalue weighted by Gasteiger charge is 2.04. The van der Waals surface area contributed by atoms with E-state index in [2.05, 4.69) is 10.6 Å². The van der Waals surface area contributed by atoms with Crippen LogP contribution in [0.1, 0.15) is 10.4 Å². The van der Waals surface area contributed by atoms with Crippen LogP contribution in [0.25, 0.3) is 0 Å². The molecule has 0 saturated heterocycles. The molecule has 0 aromatic heterocycles. The molecule has 20 heavy (non-hydrogen) atoms. The van der Waals surface area contributed by atoms with Crippen LogP contribution >= 0.6 is 0 Å². The average molecular weight is 270 g/mol. The number of nitrogens with two attached hydrogens (primary N) is 2. The largest absolute Gasteiger partial charge is 0.399 e. The van der Waals surface area contributed by atoms with Crippen molar-refractivity contribution in [1.29, 1.82) is 0 Å². The molecule has 6 heteroatoms. The van der Waals surface area contributed by atoms with Crippen LogP contribution < -0.4 is 22.1 Å². The smallest absolute Gasteiger partial charge is 0.323 e. The standard InChI is InChI=1S/C14H14N4O2/c15-10-2-1-3-12(8-10)18-14(20)17-11-6-4-9(5-7-11)13(16)19/h1-8H,15H2,(H2,16,19)(H2,17,18,20). The molecule has 0 atom stereocenters. The van der Waals surface area contributed by atoms with Gasteiger partial charge in [-0.15, -0.1) is 0 Å². The number of amides is 3. The molecule has 2 aromatic carbocycles. The minimum absolute atomic E-state index is 0.381. The fraction of sp³-hybridized carbons (Fsp3) is 0. The first-order valence-electron chi connectivity index (χ1n) is 5.88. The van der Waals surface area contributed by atoms with Crippen LogP contribution in [0.3, 0.4) is 0 Å². The van der Waals surface area contributed by atoms with Crippen LogP contribution in [0, 0.1) is 0 Å². The fourth-order valence-electron chi connectivity index (χ4n) is 1.63. The minimum atomic E-state index is -0.513. The van der Waals surface area contributed by atoms with E-state index in [1.165, 1.54) is 0 Å². The van der Waals surface area contributed by atoms with Crippen LogP contribution in [-0.2, 0) is 0 Å². The summed E-state index contributed by atoms with van der Waals surface area (Å²) in [7, 11) is 0. The maximum atomic E-state index is 11.8. The first kappa shape index (κ1) is 13.4. The number of anilines is 3. The molecule has 0 heterocycles. The van der Waals surface area contributed by atoms with Crippen molar-refractivity contribution in [3.05, 3.63) is 54.1 Å². The maximum Gasteiger partial charge on any atom is 0.323 e. The Hall–Kier alpha value is -3.02. The van der Waals surface area contributed by atoms with Gasteiger partial charge in [-0.3, -0.25) is 4.79 Å². The van der Waals surface area contributed by atoms with Crippen molar-refractivity contribution in [1.82, 2.24) is 0 Å². The van der Waals surface area contributed by atoms with E-state index < -0.39 is 11.9 Å². The highest BCUT2D eigenvalue weighted by atomic mass is 16.2. The SMILES string of the molecule is NC(=O)c1ccc(NC(=O)Nc2cccc(N)c2)cc1. The first-order valence-corrected chi connectivity index (χ1v) is 5.88. The van der Waals surface area contributed by atoms with E-state index in [0.717, 1.165) is 0 Å². The molecule has 0 aliphatic carbocycles. The quantitative estimate of drug-likeness (QED) is 0.640. The molecule has 0 saturated carbocycles. The summed E-state index contributed by atoms with van der Waals surface area (Å²) in [6.45, 7) is 0. The Morgan fingerprint density at radius 1 is 0.900 bits per heavy atom. The number of carbonyl (C=O) groups excluding carboxylic acids is 2. The lowest BCUT2D eigenvalue weighted by Gasteiger charge is -2.08. The van der Waals surface area contributed by atoms with Gasteiger partial charge in [-0.1, -0.05) is 6.07 Å². The third-order valence-electron chi connectivity index (χ3n) is 2.57. The molecule has 6 nitrogen and oxygen atoms in total. The van der Waals surface area contributed by atoms with Crippen LogP contribution in [0.2, 0.25) is 0 Å². The number of primary amides is 1. The van der Waals surface area contributed by atoms with Crippen LogP contribution in [-0.4, -0.2) is 11.9 Å². The van der Waals surface area contributed by atoms with Gasteiger partial charge in [-0.2, -0.15) is 0 Å². The van der Waals surface area contributed by atoms with Crippen LogP contribution in [0.5, 0.6) is 0 Å². The molecule has 6 N–H and O–H groups in total. The molecular weight excluding hydrogens is 256 g/mol. The van der Waals surface area contributed by atoms with Gasteiger partial charge >= 0.3 is 6.03 Å². The first-order chi connectivity index (χ1) is 9.54. The van der Waals surface area contributed by atoms with Crippen molar-refractivity contribution in [2.24, 2.45) is 5.73 Å². The Bertz CT molecular complexity index is 638. The monoisotopic (exact) mass is 270 g/mol. The molecule has 0 radical (unpaired) electrons. The van der Waals surface area contributed by atoms with Gasteiger partial charge < -0.3 is 22.1 Å². The van der Waals surface area contributed by atoms with Gasteiger partial charge in [0.2, 0.25) is 5.91 Å². The van der Waals surface area contributed by atoms with Gasteiger partial charge in [0, 0.05) is 22.6 Å². The second kappa shape index (κ2) is 5.75. The Morgan fingerprint density at radius 2 is 1.55 bits per heavy atom. The lowest BCUT2D eigenvalue weighted by atomic mass is 10.2. The summed E-state index contributed by atoms with van der Waals surface area (Å²) in [6.07, 6.45) is 0. The van der Waals surface area contributed by atoms with Crippen LogP contribution in [0.4, 0.5) is 21.9 Å². The predicted molar refractivity (Wildman–Crippen MR) is 78.5 cm³/mol. The summed E-state index contributed by atoms with van der Waals surface area (Å²) < 4.78 is 0. The second-order valence-corrected chi connectivity index (χ2v) is 4.15. The van der Waals surface area contributed by atoms with Crippen molar-refractivity contribution < 1.29 is 9.59 Å². The lowest BCUT2D eigenvalue weighted by molar-refractivity contribution is 0.100. The summed E-state index contributed by atoms with van der Waals surface area (Å²) in [5, 5.41) is 5.28. The fourth-order valence-corrected chi connectivity index (χ4v) is 1.63. The molecule has 0 aliphatic heterocycles. The van der Waals surface area contributed by atoms with E-state index in [9.17, 15) is 9.59 Å². The lowest BCUT2D eigenvalue weighted by Crippen LogP contribution is -2.19. The van der Waals surface area contributed by atoms with E-state index >= 15 is 0 Å². The molecule has 0 aliphatic rings. The van der Waals surface area contributed by atoms with Gasteiger partial charge in [0.1, 0.15) is 0 Å². The molecule has 0 unspecified atom stereocenters. The Morgan fingerprint density at radius 3 is 2.15 bits per heavy atom. The third kappa shape index (κ3) is 3.49. The van der Waals surface area contributed by atoms with Gasteiger partial charge in [-0.05, 0) is 42.5 Å². The van der Waals surface area contributed by atoms with Gasteiger partial charge in [0.25, 0.3) is 0 Å². The number of nitrogen functional groups attached to an aromatic ring is 1. The summed E-state index contributed by atoms with van der Waals surface area (Å²) in [5.41, 5.74) is 12.8. The maximum absolute atomic E-state index is 11.8. The zero-order valence-corrected chi connectivity index (χ0v) is 10.6. The minimum Gasteiger partial charge on any atom is -0.399 e. The number of nitrogens with one attached hydrogen (secondary N) is 2. The van der Waals surface area contributed by atoms with E-state index in [4.69, 9.17) is 11.5 Å². The van der Waals surface area contributed by atoms with Gasteiger partial charge in [0.15, 0.2) is 0 Å². The van der Waals surface area contributed by atoms with Crippen LogP contribution in [0.15, 0.2) is 48.5 Å². The number of hydrogen-bond donors (Lipinski definition) is 4. The number of carbonyl (C=O) groups is 2. The Balaban J connectivity index is 1.99. The van der Waals surface area contributed by atoms with Gasteiger partial charge in [-0.25, -0.2) is 4.79 Å². The molecule has 2 rings (SSSR count). The number of benzene rings is 2. The number of rotatable bonds is 3. The van der Waals surface area contributed by atoms with E-state index in [1.807, 2.05) is 0 Å². The predicted octanol–water partition coefficient (Wildman–Crippen LogP) is 2.01. The van der Waals surface area contributed by atoms with Crippen molar-refractivity contribution in [2.45, 2.75) is 0 Å². The van der Waals surface area contributed by atoms with E-state index in [1.54, 1.807) is 48.5 Å². The topological polar surface area (TPSA) is 110 Å². The Kier molecular flexibility index (Phi) is 3.85. The molecule has 0 fully saturated rings. The molecular formula is C14H14N4O2. The summed E-state index contributed by atoms with van der Waals surface area (Å²) >= 11 is 0. The highest BCUT2D eigenvalue weighted by Crippen LogP contribution is 2.13. The zero-order chi connectivity index (χ0) is 14.5. The molecule has 2 aromatic rings. The Labute approximate surface area is 115 Å². The molecule has 3 amide bonds. The summed E-state index contributed by atoms with van der Waals surface area (Å²) in [5.74, 6) is -0.513. The number of hydrogen-bond acceptors (Lipinski definition) is 3. The molecule has 102 valence electrons. The number of urea groups is 1. The van der Waals surface area contributed by atoms with Gasteiger partial charge in [0.05, 0.1) is 0 Å². The third-order valence-corrected chi connectivity index (χ3v) is 2.57. The van der Waals surface area contributed by atoms with E-state index in [-0.39, 0.29) is 0 Å². The molecule has 0 bridgehead atoms.